The lowest BCUT2D eigenvalue weighted by Gasteiger charge is -2.26. The molecule has 2 N–H and O–H groups in total. The molecule has 2 rings (SSSR count). The highest BCUT2D eigenvalue weighted by molar-refractivity contribution is 5.63. The minimum atomic E-state index is 0.663. The Morgan fingerprint density at radius 3 is 2.60 bits per heavy atom. The summed E-state index contributed by atoms with van der Waals surface area (Å²) in [5, 5.41) is 6.48. The molecule has 0 unspecified atom stereocenters. The zero-order chi connectivity index (χ0) is 14.2. The largest absolute Gasteiger partial charge is 0.490 e. The van der Waals surface area contributed by atoms with Crippen LogP contribution in [0.2, 0.25) is 0 Å². The van der Waals surface area contributed by atoms with Crippen molar-refractivity contribution in [3.8, 4) is 5.75 Å². The van der Waals surface area contributed by atoms with Crippen molar-refractivity contribution in [1.82, 2.24) is 14.9 Å². The quantitative estimate of drug-likeness (QED) is 0.760. The smallest absolute Gasteiger partial charge is 0.204 e. The van der Waals surface area contributed by atoms with Crippen LogP contribution in [0.3, 0.4) is 0 Å². The number of morpholine rings is 1. The molecule has 0 atom stereocenters. The lowest BCUT2D eigenvalue weighted by atomic mass is 10.4. The van der Waals surface area contributed by atoms with Crippen molar-refractivity contribution in [2.75, 3.05) is 63.7 Å². The van der Waals surface area contributed by atoms with Crippen LogP contribution < -0.4 is 15.4 Å². The summed E-state index contributed by atoms with van der Waals surface area (Å²) >= 11 is 0. The molecule has 0 spiro atoms. The molecule has 0 bridgehead atoms. The van der Waals surface area contributed by atoms with E-state index < -0.39 is 0 Å². The van der Waals surface area contributed by atoms with Gasteiger partial charge in [-0.05, 0) is 6.92 Å². The molecule has 1 aromatic rings. The van der Waals surface area contributed by atoms with Crippen molar-refractivity contribution >= 4 is 11.6 Å². The summed E-state index contributed by atoms with van der Waals surface area (Å²) < 4.78 is 10.7. The van der Waals surface area contributed by atoms with Gasteiger partial charge in [0.15, 0.2) is 11.6 Å². The molecule has 0 amide bonds. The standard InChI is InChI=1S/C13H23N5O2/c1-3-14-12-11(19-2)13(17-10-16-12)15-4-5-18-6-8-20-9-7-18/h10H,3-9H2,1-2H3,(H2,14,15,16,17). The molecular weight excluding hydrogens is 258 g/mol. The summed E-state index contributed by atoms with van der Waals surface area (Å²) in [7, 11) is 1.63. The summed E-state index contributed by atoms with van der Waals surface area (Å²) in [6, 6.07) is 0. The third kappa shape index (κ3) is 3.94. The van der Waals surface area contributed by atoms with Gasteiger partial charge in [-0.15, -0.1) is 0 Å². The summed E-state index contributed by atoms with van der Waals surface area (Å²) in [6.45, 7) is 8.22. The topological polar surface area (TPSA) is 71.5 Å². The third-order valence-electron chi connectivity index (χ3n) is 3.18. The van der Waals surface area contributed by atoms with Gasteiger partial charge in [0.1, 0.15) is 6.33 Å². The zero-order valence-electron chi connectivity index (χ0n) is 12.2. The van der Waals surface area contributed by atoms with Gasteiger partial charge in [-0.2, -0.15) is 0 Å². The number of aromatic nitrogens is 2. The van der Waals surface area contributed by atoms with Crippen LogP contribution in [0.5, 0.6) is 5.75 Å². The maximum absolute atomic E-state index is 5.39. The maximum Gasteiger partial charge on any atom is 0.204 e. The van der Waals surface area contributed by atoms with Gasteiger partial charge in [-0.1, -0.05) is 0 Å². The molecule has 1 aliphatic heterocycles. The minimum absolute atomic E-state index is 0.663. The van der Waals surface area contributed by atoms with Crippen LogP contribution in [0.1, 0.15) is 6.92 Å². The zero-order valence-corrected chi connectivity index (χ0v) is 12.2. The third-order valence-corrected chi connectivity index (χ3v) is 3.18. The van der Waals surface area contributed by atoms with E-state index in [1.807, 2.05) is 6.92 Å². The van der Waals surface area contributed by atoms with Gasteiger partial charge in [0.25, 0.3) is 0 Å². The Labute approximate surface area is 119 Å². The van der Waals surface area contributed by atoms with Crippen LogP contribution in [0.15, 0.2) is 6.33 Å². The fourth-order valence-corrected chi connectivity index (χ4v) is 2.14. The Morgan fingerprint density at radius 1 is 1.25 bits per heavy atom. The summed E-state index contributed by atoms with van der Waals surface area (Å²) in [5.41, 5.74) is 0. The van der Waals surface area contributed by atoms with E-state index in [0.29, 0.717) is 5.75 Å². The van der Waals surface area contributed by atoms with E-state index >= 15 is 0 Å². The van der Waals surface area contributed by atoms with Gasteiger partial charge in [-0.3, -0.25) is 4.90 Å². The van der Waals surface area contributed by atoms with Gasteiger partial charge < -0.3 is 20.1 Å². The molecule has 0 aromatic carbocycles. The fourth-order valence-electron chi connectivity index (χ4n) is 2.14. The minimum Gasteiger partial charge on any atom is -0.490 e. The van der Waals surface area contributed by atoms with Crippen LogP contribution in [-0.4, -0.2) is 67.9 Å². The highest BCUT2D eigenvalue weighted by atomic mass is 16.5. The predicted molar refractivity (Wildman–Crippen MR) is 78.5 cm³/mol. The second-order valence-corrected chi connectivity index (χ2v) is 4.52. The van der Waals surface area contributed by atoms with E-state index in [9.17, 15) is 0 Å². The summed E-state index contributed by atoms with van der Waals surface area (Å²) in [6.07, 6.45) is 1.54. The first-order chi connectivity index (χ1) is 9.85. The average molecular weight is 281 g/mol. The molecule has 0 aliphatic carbocycles. The lowest BCUT2D eigenvalue weighted by molar-refractivity contribution is 0.0398. The number of hydrogen-bond acceptors (Lipinski definition) is 7. The highest BCUT2D eigenvalue weighted by Crippen LogP contribution is 2.28. The normalized spacial score (nSPS) is 15.9. The fraction of sp³-hybridized carbons (Fsp3) is 0.692. The van der Waals surface area contributed by atoms with Gasteiger partial charge in [0.2, 0.25) is 5.75 Å². The number of nitrogens with one attached hydrogen (secondary N) is 2. The van der Waals surface area contributed by atoms with Gasteiger partial charge in [0.05, 0.1) is 20.3 Å². The molecule has 0 radical (unpaired) electrons. The second kappa shape index (κ2) is 7.86. The van der Waals surface area contributed by atoms with Crippen LogP contribution in [0.25, 0.3) is 0 Å². The van der Waals surface area contributed by atoms with Crippen molar-refractivity contribution in [3.63, 3.8) is 0 Å². The van der Waals surface area contributed by atoms with E-state index in [0.717, 1.165) is 57.6 Å². The van der Waals surface area contributed by atoms with E-state index in [1.54, 1.807) is 7.11 Å². The Balaban J connectivity index is 1.89. The monoisotopic (exact) mass is 281 g/mol. The molecular formula is C13H23N5O2. The van der Waals surface area contributed by atoms with Crippen LogP contribution in [0.4, 0.5) is 11.6 Å². The van der Waals surface area contributed by atoms with Crippen LogP contribution >= 0.6 is 0 Å². The number of ether oxygens (including phenoxy) is 2. The van der Waals surface area contributed by atoms with E-state index in [-0.39, 0.29) is 0 Å². The molecule has 1 saturated heterocycles. The van der Waals surface area contributed by atoms with Crippen molar-refractivity contribution in [1.29, 1.82) is 0 Å². The predicted octanol–water partition coefficient (Wildman–Crippen LogP) is 0.661. The number of anilines is 2. The highest BCUT2D eigenvalue weighted by Gasteiger charge is 2.13. The Hall–Kier alpha value is -1.60. The van der Waals surface area contributed by atoms with Crippen molar-refractivity contribution < 1.29 is 9.47 Å². The number of methoxy groups -OCH3 is 1. The molecule has 20 heavy (non-hydrogen) atoms. The lowest BCUT2D eigenvalue weighted by Crippen LogP contribution is -2.39. The second-order valence-electron chi connectivity index (χ2n) is 4.52. The molecule has 1 aromatic heterocycles. The molecule has 2 heterocycles. The summed E-state index contributed by atoms with van der Waals surface area (Å²) in [5.74, 6) is 2.11. The van der Waals surface area contributed by atoms with Gasteiger partial charge >= 0.3 is 0 Å². The van der Waals surface area contributed by atoms with E-state index in [4.69, 9.17) is 9.47 Å². The molecule has 7 heteroatoms. The molecule has 112 valence electrons. The first-order valence-electron chi connectivity index (χ1n) is 7.02. The van der Waals surface area contributed by atoms with E-state index in [1.165, 1.54) is 6.33 Å². The van der Waals surface area contributed by atoms with Crippen LogP contribution in [-0.2, 0) is 4.74 Å². The number of hydrogen-bond donors (Lipinski definition) is 2. The van der Waals surface area contributed by atoms with Gasteiger partial charge in [0, 0.05) is 32.7 Å². The SMILES string of the molecule is CCNc1ncnc(NCCN2CCOCC2)c1OC. The Kier molecular flexibility index (Phi) is 5.82. The number of rotatable bonds is 7. The number of nitrogens with zero attached hydrogens (tertiary/aromatic N) is 3. The Bertz CT molecular complexity index is 410. The van der Waals surface area contributed by atoms with E-state index in [2.05, 4.69) is 25.5 Å². The molecule has 1 aliphatic rings. The first kappa shape index (κ1) is 14.8. The maximum atomic E-state index is 5.39. The first-order valence-corrected chi connectivity index (χ1v) is 7.02. The molecule has 7 nitrogen and oxygen atoms in total. The van der Waals surface area contributed by atoms with Crippen LogP contribution in [0, 0.1) is 0 Å². The Morgan fingerprint density at radius 2 is 1.95 bits per heavy atom. The van der Waals surface area contributed by atoms with Crippen molar-refractivity contribution in [2.45, 2.75) is 6.92 Å². The molecule has 1 fully saturated rings. The van der Waals surface area contributed by atoms with Gasteiger partial charge in [-0.25, -0.2) is 9.97 Å². The van der Waals surface area contributed by atoms with Crippen molar-refractivity contribution in [3.05, 3.63) is 6.33 Å². The average Bonchev–Trinajstić information content (AvgIpc) is 2.49. The van der Waals surface area contributed by atoms with Crippen molar-refractivity contribution in [2.24, 2.45) is 0 Å². The molecule has 0 saturated carbocycles. The summed E-state index contributed by atoms with van der Waals surface area (Å²) in [4.78, 5) is 10.8.